The normalized spacial score (nSPS) is 11.3. The summed E-state index contributed by atoms with van der Waals surface area (Å²) >= 11 is 0. The van der Waals surface area contributed by atoms with Crippen molar-refractivity contribution >= 4 is 54.3 Å². The van der Waals surface area contributed by atoms with Gasteiger partial charge in [0.2, 0.25) is 0 Å². The van der Waals surface area contributed by atoms with E-state index in [2.05, 4.69) is 374 Å². The molecule has 0 amide bonds. The van der Waals surface area contributed by atoms with Gasteiger partial charge < -0.3 is 0 Å². The third kappa shape index (κ3) is 12.3. The Bertz CT molecular complexity index is 6290. The fourth-order valence-corrected chi connectivity index (χ4v) is 14.8. The average molecular weight is 1320 g/mol. The van der Waals surface area contributed by atoms with Gasteiger partial charge in [-0.15, -0.1) is 0 Å². The van der Waals surface area contributed by atoms with Gasteiger partial charge in [0.25, 0.3) is 0 Å². The largest absolute Gasteiger partial charge is 0.265 e. The van der Waals surface area contributed by atoms with E-state index >= 15 is 0 Å². The number of hydrogen-bond acceptors (Lipinski definition) is 4. The Morgan fingerprint density at radius 1 is 0.154 bits per heavy atom. The van der Waals surface area contributed by atoms with Gasteiger partial charge in [-0.2, -0.15) is 0 Å². The summed E-state index contributed by atoms with van der Waals surface area (Å²) in [6.45, 7) is 0. The molecule has 0 unspecified atom stereocenters. The first-order valence-corrected chi connectivity index (χ1v) is 35.4. The van der Waals surface area contributed by atoms with Gasteiger partial charge in [0.15, 0.2) is 0 Å². The molecule has 0 saturated carbocycles. The van der Waals surface area contributed by atoms with Crippen LogP contribution < -0.4 is 0 Å². The van der Waals surface area contributed by atoms with E-state index in [0.717, 1.165) is 93.8 Å². The molecule has 4 heterocycles. The van der Waals surface area contributed by atoms with Gasteiger partial charge in [-0.05, 0) is 171 Å². The molecule has 15 aromatic carbocycles. The smallest absolute Gasteiger partial charge is 0.0794 e. The van der Waals surface area contributed by atoms with Crippen LogP contribution in [0, 0.1) is 0 Å². The summed E-state index contributed by atoms with van der Waals surface area (Å²) in [5.74, 6) is 0. The van der Waals surface area contributed by atoms with E-state index in [-0.39, 0.29) is 0 Å². The molecule has 0 aliphatic rings. The SMILES string of the molecule is c1ccc(-c2ccc(-c3cc(-c4ccc(-c5ccccc5)cc4)c4cc(-c5ccc(-c6ccnc7ccccc67)cc5)c5ccccc5c4n3)cc2)cc1.c1ccc(-c2ccc(-c3cc(-c4ccc(-c5ccccc5)cc4)c4cc(-c5ccc(-c6ccncc6)cc5)c5ccccc5c4n3)cc2)cc1. The van der Waals surface area contributed by atoms with Crippen molar-refractivity contribution in [3.8, 4) is 134 Å². The Hall–Kier alpha value is -13.8. The summed E-state index contributed by atoms with van der Waals surface area (Å²) in [6.07, 6.45) is 5.58. The highest BCUT2D eigenvalue weighted by molar-refractivity contribution is 6.18. The molecule has 4 heteroatoms. The number of para-hydroxylation sites is 1. The summed E-state index contributed by atoms with van der Waals surface area (Å²) < 4.78 is 0. The maximum atomic E-state index is 5.44. The van der Waals surface area contributed by atoms with Gasteiger partial charge in [-0.25, -0.2) is 9.97 Å². The summed E-state index contributed by atoms with van der Waals surface area (Å²) in [6, 6.07) is 137. The number of hydrogen-bond donors (Lipinski definition) is 0. The molecule has 4 aromatic heterocycles. The Kier molecular flexibility index (Phi) is 16.6. The topological polar surface area (TPSA) is 51.6 Å². The molecule has 4 nitrogen and oxygen atoms in total. The molecule has 0 bridgehead atoms. The van der Waals surface area contributed by atoms with Gasteiger partial charge >= 0.3 is 0 Å². The minimum Gasteiger partial charge on any atom is -0.265 e. The van der Waals surface area contributed by atoms with Crippen LogP contribution in [0.3, 0.4) is 0 Å². The summed E-state index contributed by atoms with van der Waals surface area (Å²) in [7, 11) is 0. The monoisotopic (exact) mass is 1320 g/mol. The van der Waals surface area contributed by atoms with Crippen LogP contribution in [0.1, 0.15) is 0 Å². The van der Waals surface area contributed by atoms with Crippen LogP contribution in [-0.2, 0) is 0 Å². The van der Waals surface area contributed by atoms with Crippen molar-refractivity contribution < 1.29 is 0 Å². The standard InChI is InChI=1S/C52H34N2.C48H32N2/c1-3-11-35(12-4-1)37-19-23-41(24-20-37)48-34-51(42-29-21-38(22-30-42)36-13-5-2-6-14-36)54-52-46-17-8-7-15-44(46)47(33-49(48)52)40-27-25-39(26-28-40)43-31-32-53-50-18-10-9-16-45(43)50;1-3-9-33(10-4-1)35-15-23-40(24-16-35)45-32-47(41-25-19-36(20-26-41)34-11-5-2-6-12-34)50-48-43-14-8-7-13-42(43)44(31-46(45)48)39-21-17-37(18-22-39)38-27-29-49-30-28-38/h1-34H;1-32H. The Morgan fingerprint density at radius 2 is 0.413 bits per heavy atom. The van der Waals surface area contributed by atoms with Gasteiger partial charge in [0, 0.05) is 56.6 Å². The quantitative estimate of drug-likeness (QED) is 0.114. The first-order chi connectivity index (χ1) is 51.5. The zero-order chi connectivity index (χ0) is 69.1. The third-order valence-electron chi connectivity index (χ3n) is 20.2. The van der Waals surface area contributed by atoms with Crippen molar-refractivity contribution in [3.63, 3.8) is 0 Å². The molecule has 0 aliphatic carbocycles. The van der Waals surface area contributed by atoms with E-state index in [9.17, 15) is 0 Å². The van der Waals surface area contributed by atoms with E-state index in [1.54, 1.807) is 0 Å². The third-order valence-corrected chi connectivity index (χ3v) is 20.2. The molecule has 0 fully saturated rings. The van der Waals surface area contributed by atoms with Gasteiger partial charge in [0.1, 0.15) is 0 Å². The summed E-state index contributed by atoms with van der Waals surface area (Å²) in [5, 5.41) is 8.07. The van der Waals surface area contributed by atoms with E-state index in [0.29, 0.717) is 0 Å². The number of aromatic nitrogens is 4. The molecule has 0 radical (unpaired) electrons. The molecule has 486 valence electrons. The molecular formula is C100H66N4. The Balaban J connectivity index is 0.000000149. The van der Waals surface area contributed by atoms with E-state index in [4.69, 9.17) is 9.97 Å². The molecule has 19 aromatic rings. The highest BCUT2D eigenvalue weighted by Gasteiger charge is 2.20. The second kappa shape index (κ2) is 27.7. The molecular weight excluding hydrogens is 1260 g/mol. The minimum absolute atomic E-state index is 0.955. The molecule has 19 rings (SSSR count). The lowest BCUT2D eigenvalue weighted by Gasteiger charge is -2.16. The maximum Gasteiger partial charge on any atom is 0.0794 e. The maximum absolute atomic E-state index is 5.44. The van der Waals surface area contributed by atoms with Crippen LogP contribution in [0.5, 0.6) is 0 Å². The predicted molar refractivity (Wildman–Crippen MR) is 437 cm³/mol. The zero-order valence-electron chi connectivity index (χ0n) is 56.9. The highest BCUT2D eigenvalue weighted by atomic mass is 14.7. The molecule has 0 N–H and O–H groups in total. The predicted octanol–water partition coefficient (Wildman–Crippen LogP) is 26.7. The van der Waals surface area contributed by atoms with E-state index < -0.39 is 0 Å². The number of rotatable bonds is 12. The molecule has 104 heavy (non-hydrogen) atoms. The van der Waals surface area contributed by atoms with Crippen molar-refractivity contribution in [2.75, 3.05) is 0 Å². The van der Waals surface area contributed by atoms with Crippen LogP contribution in [0.15, 0.2) is 401 Å². The van der Waals surface area contributed by atoms with Crippen LogP contribution >= 0.6 is 0 Å². The fraction of sp³-hybridized carbons (Fsp3) is 0. The fourth-order valence-electron chi connectivity index (χ4n) is 14.8. The molecule has 0 saturated heterocycles. The summed E-state index contributed by atoms with van der Waals surface area (Å²) in [4.78, 5) is 19.6. The lowest BCUT2D eigenvalue weighted by molar-refractivity contribution is 1.33. The molecule has 0 aliphatic heterocycles. The van der Waals surface area contributed by atoms with Crippen molar-refractivity contribution in [1.82, 2.24) is 19.9 Å². The molecule has 0 atom stereocenters. The summed E-state index contributed by atoms with van der Waals surface area (Å²) in [5.41, 5.74) is 30.8. The second-order valence-electron chi connectivity index (χ2n) is 26.4. The van der Waals surface area contributed by atoms with Gasteiger partial charge in [-0.1, -0.05) is 334 Å². The van der Waals surface area contributed by atoms with Gasteiger partial charge in [-0.3, -0.25) is 9.97 Å². The Morgan fingerprint density at radius 3 is 0.769 bits per heavy atom. The van der Waals surface area contributed by atoms with Crippen molar-refractivity contribution in [1.29, 1.82) is 0 Å². The van der Waals surface area contributed by atoms with Crippen LogP contribution in [-0.4, -0.2) is 19.9 Å². The van der Waals surface area contributed by atoms with E-state index in [1.165, 1.54) is 94.2 Å². The number of pyridine rings is 4. The van der Waals surface area contributed by atoms with Crippen molar-refractivity contribution in [3.05, 3.63) is 401 Å². The van der Waals surface area contributed by atoms with Crippen molar-refractivity contribution in [2.24, 2.45) is 0 Å². The van der Waals surface area contributed by atoms with Crippen LogP contribution in [0.25, 0.3) is 188 Å². The van der Waals surface area contributed by atoms with Gasteiger partial charge in [0.05, 0.1) is 27.9 Å². The highest BCUT2D eigenvalue weighted by Crippen LogP contribution is 2.45. The first kappa shape index (κ1) is 62.5. The first-order valence-electron chi connectivity index (χ1n) is 35.4. The van der Waals surface area contributed by atoms with Crippen molar-refractivity contribution in [2.45, 2.75) is 0 Å². The Labute approximate surface area is 604 Å². The van der Waals surface area contributed by atoms with Crippen LogP contribution in [0.4, 0.5) is 0 Å². The van der Waals surface area contributed by atoms with Crippen LogP contribution in [0.2, 0.25) is 0 Å². The zero-order valence-corrected chi connectivity index (χ0v) is 56.9. The lowest BCUT2D eigenvalue weighted by Crippen LogP contribution is -1.94. The lowest BCUT2D eigenvalue weighted by atomic mass is 9.90. The minimum atomic E-state index is 0.955. The number of nitrogens with zero attached hydrogens (tertiary/aromatic N) is 4. The number of fused-ring (bicyclic) bond motifs is 7. The van der Waals surface area contributed by atoms with E-state index in [1.807, 2.05) is 36.8 Å². The average Bonchev–Trinajstić information content (AvgIpc) is 0.743. The number of benzene rings is 15. The molecule has 0 spiro atoms. The second-order valence-corrected chi connectivity index (χ2v) is 26.4.